The van der Waals surface area contributed by atoms with Crippen molar-refractivity contribution in [2.24, 2.45) is 23.7 Å². The van der Waals surface area contributed by atoms with Crippen molar-refractivity contribution in [1.29, 1.82) is 0 Å². The molecule has 0 N–H and O–H groups in total. The minimum Gasteiger partial charge on any atom is -0.438 e. The summed E-state index contributed by atoms with van der Waals surface area (Å²) < 4.78 is 13.1. The standard InChI is InChI=1S/C16H28O2Si2/c1-19-9-4-3-8-17-20(2,18-19)16-11-12-10-15(16)14-7-5-6-13(12)14/h5,7,12-16,19H,3-4,6,8-11H2,1-2H3. The molecule has 3 fully saturated rings. The van der Waals surface area contributed by atoms with Crippen molar-refractivity contribution < 1.29 is 8.54 Å². The van der Waals surface area contributed by atoms with Crippen LogP contribution >= 0.6 is 0 Å². The molecular weight excluding hydrogens is 280 g/mol. The molecule has 3 aliphatic carbocycles. The van der Waals surface area contributed by atoms with Crippen LogP contribution in [0.3, 0.4) is 0 Å². The Morgan fingerprint density at radius 3 is 3.00 bits per heavy atom. The molecule has 0 aromatic carbocycles. The minimum absolute atomic E-state index is 0.782. The lowest BCUT2D eigenvalue weighted by atomic mass is 9.81. The van der Waals surface area contributed by atoms with Gasteiger partial charge in [0.25, 0.3) is 0 Å². The normalized spacial score (nSPS) is 54.7. The summed E-state index contributed by atoms with van der Waals surface area (Å²) in [6, 6.07) is 1.36. The van der Waals surface area contributed by atoms with Crippen LogP contribution in [0.1, 0.15) is 32.1 Å². The smallest absolute Gasteiger partial charge is 0.328 e. The van der Waals surface area contributed by atoms with Gasteiger partial charge in [-0.25, -0.2) is 0 Å². The second kappa shape index (κ2) is 5.08. The molecule has 1 heterocycles. The van der Waals surface area contributed by atoms with Gasteiger partial charge in [0.15, 0.2) is 9.04 Å². The molecule has 112 valence electrons. The summed E-state index contributed by atoms with van der Waals surface area (Å²) in [5.74, 6) is 3.72. The van der Waals surface area contributed by atoms with Gasteiger partial charge >= 0.3 is 8.56 Å². The van der Waals surface area contributed by atoms with Crippen molar-refractivity contribution in [2.45, 2.75) is 56.8 Å². The third kappa shape index (κ3) is 2.11. The van der Waals surface area contributed by atoms with Crippen LogP contribution < -0.4 is 0 Å². The third-order valence-corrected chi connectivity index (χ3v) is 14.0. The van der Waals surface area contributed by atoms with Crippen molar-refractivity contribution in [3.8, 4) is 0 Å². The average molecular weight is 309 g/mol. The van der Waals surface area contributed by atoms with Gasteiger partial charge in [-0.05, 0) is 68.5 Å². The molecule has 0 aromatic heterocycles. The van der Waals surface area contributed by atoms with Crippen LogP contribution in [0.15, 0.2) is 12.2 Å². The first-order chi connectivity index (χ1) is 9.67. The number of hydrogen-bond acceptors (Lipinski definition) is 2. The van der Waals surface area contributed by atoms with E-state index in [9.17, 15) is 0 Å². The van der Waals surface area contributed by atoms with Crippen LogP contribution in [0.5, 0.6) is 0 Å². The lowest BCUT2D eigenvalue weighted by Gasteiger charge is -2.43. The molecule has 4 rings (SSSR count). The Morgan fingerprint density at radius 2 is 2.10 bits per heavy atom. The summed E-state index contributed by atoms with van der Waals surface area (Å²) in [6.45, 7) is 5.76. The second-order valence-corrected chi connectivity index (χ2v) is 13.9. The fourth-order valence-corrected chi connectivity index (χ4v) is 13.8. The average Bonchev–Trinajstić information content (AvgIpc) is 3.07. The van der Waals surface area contributed by atoms with Crippen molar-refractivity contribution >= 4 is 17.6 Å². The van der Waals surface area contributed by atoms with Crippen LogP contribution in [0.2, 0.25) is 24.7 Å². The third-order valence-electron chi connectivity index (χ3n) is 6.51. The molecule has 4 heteroatoms. The maximum Gasteiger partial charge on any atom is 0.328 e. The Balaban J connectivity index is 1.55. The van der Waals surface area contributed by atoms with Gasteiger partial charge < -0.3 is 8.54 Å². The summed E-state index contributed by atoms with van der Waals surface area (Å²) in [7, 11) is -2.92. The van der Waals surface area contributed by atoms with E-state index in [4.69, 9.17) is 8.54 Å². The van der Waals surface area contributed by atoms with Gasteiger partial charge in [-0.1, -0.05) is 18.6 Å². The molecule has 7 atom stereocenters. The summed E-state index contributed by atoms with van der Waals surface area (Å²) >= 11 is 0. The number of rotatable bonds is 1. The predicted octanol–water partition coefficient (Wildman–Crippen LogP) is 3.84. The highest BCUT2D eigenvalue weighted by Crippen LogP contribution is 2.63. The van der Waals surface area contributed by atoms with Crippen molar-refractivity contribution in [3.63, 3.8) is 0 Å². The Labute approximate surface area is 125 Å². The zero-order chi connectivity index (χ0) is 13.7. The van der Waals surface area contributed by atoms with Gasteiger partial charge in [0, 0.05) is 12.1 Å². The molecule has 4 aliphatic rings. The molecule has 0 amide bonds. The molecule has 7 unspecified atom stereocenters. The monoisotopic (exact) mass is 308 g/mol. The topological polar surface area (TPSA) is 18.5 Å². The summed E-state index contributed by atoms with van der Waals surface area (Å²) in [5.41, 5.74) is 0.782. The highest BCUT2D eigenvalue weighted by atomic mass is 28.4. The first-order valence-corrected chi connectivity index (χ1v) is 13.5. The predicted molar refractivity (Wildman–Crippen MR) is 86.4 cm³/mol. The van der Waals surface area contributed by atoms with Gasteiger partial charge in [0.2, 0.25) is 0 Å². The molecule has 2 bridgehead atoms. The first kappa shape index (κ1) is 13.7. The van der Waals surface area contributed by atoms with Gasteiger partial charge in [0.1, 0.15) is 0 Å². The Morgan fingerprint density at radius 1 is 1.20 bits per heavy atom. The number of fused-ring (bicyclic) bond motifs is 5. The molecule has 0 spiro atoms. The molecule has 2 saturated carbocycles. The van der Waals surface area contributed by atoms with Gasteiger partial charge in [0.05, 0.1) is 0 Å². The van der Waals surface area contributed by atoms with E-state index < -0.39 is 17.6 Å². The van der Waals surface area contributed by atoms with Crippen molar-refractivity contribution in [3.05, 3.63) is 12.2 Å². The Kier molecular flexibility index (Phi) is 3.49. The SMILES string of the molecule is C[SiH]1CCCCO[Si](C)(C2CC3CC2C2C=CCC32)O1. The van der Waals surface area contributed by atoms with Crippen LogP contribution in [-0.4, -0.2) is 24.2 Å². The van der Waals surface area contributed by atoms with Gasteiger partial charge in [-0.2, -0.15) is 0 Å². The van der Waals surface area contributed by atoms with E-state index in [-0.39, 0.29) is 0 Å². The largest absolute Gasteiger partial charge is 0.438 e. The molecule has 0 aromatic rings. The maximum absolute atomic E-state index is 6.70. The van der Waals surface area contributed by atoms with E-state index in [0.717, 1.165) is 35.8 Å². The summed E-state index contributed by atoms with van der Waals surface area (Å²) in [6.07, 6.45) is 11.8. The van der Waals surface area contributed by atoms with E-state index in [0.29, 0.717) is 0 Å². The molecule has 20 heavy (non-hydrogen) atoms. The Bertz CT molecular complexity index is 413. The van der Waals surface area contributed by atoms with Crippen LogP contribution in [-0.2, 0) is 8.54 Å². The van der Waals surface area contributed by atoms with Crippen LogP contribution in [0, 0.1) is 23.7 Å². The van der Waals surface area contributed by atoms with Crippen LogP contribution in [0.4, 0.5) is 0 Å². The Hall–Kier alpha value is 0.0938. The highest BCUT2D eigenvalue weighted by Gasteiger charge is 2.59. The fraction of sp³-hybridized carbons (Fsp3) is 0.875. The lowest BCUT2D eigenvalue weighted by Crippen LogP contribution is -2.51. The molecule has 1 saturated heterocycles. The van der Waals surface area contributed by atoms with Gasteiger partial charge in [-0.15, -0.1) is 0 Å². The molecule has 1 aliphatic heterocycles. The van der Waals surface area contributed by atoms with E-state index >= 15 is 0 Å². The van der Waals surface area contributed by atoms with Gasteiger partial charge in [-0.3, -0.25) is 0 Å². The second-order valence-electron chi connectivity index (χ2n) is 7.70. The zero-order valence-electron chi connectivity index (χ0n) is 12.9. The summed E-state index contributed by atoms with van der Waals surface area (Å²) in [5, 5.41) is 0. The highest BCUT2D eigenvalue weighted by molar-refractivity contribution is 6.75. The van der Waals surface area contributed by atoms with E-state index in [2.05, 4.69) is 25.2 Å². The molecule has 0 radical (unpaired) electrons. The van der Waals surface area contributed by atoms with E-state index in [1.165, 1.54) is 38.1 Å². The van der Waals surface area contributed by atoms with Crippen LogP contribution in [0.25, 0.3) is 0 Å². The lowest BCUT2D eigenvalue weighted by molar-refractivity contribution is 0.187. The van der Waals surface area contributed by atoms with Crippen molar-refractivity contribution in [2.75, 3.05) is 6.61 Å². The quantitative estimate of drug-likeness (QED) is 0.541. The van der Waals surface area contributed by atoms with Crippen molar-refractivity contribution in [1.82, 2.24) is 0 Å². The zero-order valence-corrected chi connectivity index (χ0v) is 15.0. The maximum atomic E-state index is 6.70. The van der Waals surface area contributed by atoms with E-state index in [1.807, 2.05) is 0 Å². The van der Waals surface area contributed by atoms with E-state index in [1.54, 1.807) is 0 Å². The number of hydrogen-bond donors (Lipinski definition) is 0. The number of allylic oxidation sites excluding steroid dienone is 2. The minimum atomic E-state index is -1.93. The molecular formula is C16H28O2Si2. The summed E-state index contributed by atoms with van der Waals surface area (Å²) in [4.78, 5) is 0. The molecule has 2 nitrogen and oxygen atoms in total. The fourth-order valence-electron chi connectivity index (χ4n) is 5.64. The first-order valence-electron chi connectivity index (χ1n) is 8.66.